The first-order valence-electron chi connectivity index (χ1n) is 13.8. The van der Waals surface area contributed by atoms with Crippen LogP contribution in [0.3, 0.4) is 0 Å². The molecular formula is C34H27N3O4. The van der Waals surface area contributed by atoms with Crippen LogP contribution in [0.15, 0.2) is 108 Å². The van der Waals surface area contributed by atoms with Gasteiger partial charge in [-0.15, -0.1) is 0 Å². The van der Waals surface area contributed by atoms with Crippen LogP contribution in [-0.4, -0.2) is 30.5 Å². The summed E-state index contributed by atoms with van der Waals surface area (Å²) in [7, 11) is 0. The number of amides is 3. The number of para-hydroxylation sites is 2. The second kappa shape index (κ2) is 9.55. The van der Waals surface area contributed by atoms with E-state index in [1.807, 2.05) is 67.6 Å². The summed E-state index contributed by atoms with van der Waals surface area (Å²) in [4.78, 5) is 43.1. The van der Waals surface area contributed by atoms with Crippen molar-refractivity contribution in [1.82, 2.24) is 5.43 Å². The Morgan fingerprint density at radius 3 is 2.15 bits per heavy atom. The Hall–Kier alpha value is -5.04. The summed E-state index contributed by atoms with van der Waals surface area (Å²) in [5.74, 6) is -2.12. The molecule has 0 saturated carbocycles. The topological polar surface area (TPSA) is 88.1 Å². The number of hydrazone groups is 1. The van der Waals surface area contributed by atoms with Gasteiger partial charge in [-0.2, -0.15) is 5.10 Å². The first-order chi connectivity index (χ1) is 20.1. The van der Waals surface area contributed by atoms with Gasteiger partial charge in [-0.05, 0) is 53.4 Å². The van der Waals surface area contributed by atoms with Gasteiger partial charge in [0.25, 0.3) is 5.91 Å². The van der Waals surface area contributed by atoms with Gasteiger partial charge in [0.15, 0.2) is 0 Å². The maximum Gasteiger partial charge on any atom is 0.271 e. The van der Waals surface area contributed by atoms with E-state index in [1.54, 1.807) is 48.7 Å². The Kier molecular flexibility index (Phi) is 5.82. The number of carbonyl (C=O) groups is 3. The molecule has 3 amide bonds. The van der Waals surface area contributed by atoms with Crippen molar-refractivity contribution < 1.29 is 19.1 Å². The normalized spacial score (nSPS) is 23.7. The molecule has 0 aromatic heterocycles. The highest BCUT2D eigenvalue weighted by atomic mass is 16.5. The molecule has 8 rings (SSSR count). The number of rotatable bonds is 6. The van der Waals surface area contributed by atoms with Gasteiger partial charge < -0.3 is 4.74 Å². The molecule has 7 heteroatoms. The van der Waals surface area contributed by atoms with Crippen molar-refractivity contribution in [2.24, 2.45) is 16.9 Å². The van der Waals surface area contributed by atoms with Crippen molar-refractivity contribution in [2.45, 2.75) is 18.3 Å². The van der Waals surface area contributed by atoms with Crippen molar-refractivity contribution >= 4 is 29.6 Å². The molecule has 1 aliphatic heterocycles. The minimum atomic E-state index is -1.07. The van der Waals surface area contributed by atoms with E-state index < -0.39 is 17.3 Å². The van der Waals surface area contributed by atoms with Crippen LogP contribution in [0, 0.1) is 11.8 Å². The van der Waals surface area contributed by atoms with Crippen LogP contribution in [0.5, 0.6) is 5.75 Å². The number of nitrogens with zero attached hydrogens (tertiary/aromatic N) is 2. The van der Waals surface area contributed by atoms with Gasteiger partial charge in [-0.1, -0.05) is 78.9 Å². The summed E-state index contributed by atoms with van der Waals surface area (Å²) in [6, 6.07) is 31.9. The van der Waals surface area contributed by atoms with Crippen LogP contribution in [0.4, 0.5) is 5.69 Å². The zero-order valence-corrected chi connectivity index (χ0v) is 22.4. The van der Waals surface area contributed by atoms with Crippen molar-refractivity contribution in [3.8, 4) is 5.75 Å². The number of carbonyl (C=O) groups excluding carboxylic acids is 3. The summed E-state index contributed by atoms with van der Waals surface area (Å²) in [5, 5.41) is 4.47. The third kappa shape index (κ3) is 3.51. The second-order valence-electron chi connectivity index (χ2n) is 10.5. The van der Waals surface area contributed by atoms with Gasteiger partial charge in [0.2, 0.25) is 11.8 Å². The van der Waals surface area contributed by atoms with Crippen molar-refractivity contribution in [3.05, 3.63) is 131 Å². The van der Waals surface area contributed by atoms with Gasteiger partial charge in [-0.25, -0.2) is 10.3 Å². The fourth-order valence-corrected chi connectivity index (χ4v) is 7.05. The Balaban J connectivity index is 1.41. The summed E-state index contributed by atoms with van der Waals surface area (Å²) in [6.45, 7) is 2.27. The Labute approximate surface area is 237 Å². The average molecular weight is 542 g/mol. The lowest BCUT2D eigenvalue weighted by Gasteiger charge is -2.52. The average Bonchev–Trinajstić information content (AvgIpc) is 3.28. The van der Waals surface area contributed by atoms with Crippen molar-refractivity contribution in [1.29, 1.82) is 0 Å². The molecule has 4 aromatic carbocycles. The van der Waals surface area contributed by atoms with Gasteiger partial charge in [0.1, 0.15) is 5.75 Å². The largest absolute Gasteiger partial charge is 0.492 e. The molecular weight excluding hydrogens is 514 g/mol. The van der Waals surface area contributed by atoms with E-state index in [0.717, 1.165) is 22.3 Å². The molecule has 0 spiro atoms. The molecule has 202 valence electrons. The molecule has 41 heavy (non-hydrogen) atoms. The van der Waals surface area contributed by atoms with E-state index >= 15 is 0 Å². The summed E-state index contributed by atoms with van der Waals surface area (Å²) < 4.78 is 5.83. The predicted molar refractivity (Wildman–Crippen MR) is 155 cm³/mol. The molecule has 3 aliphatic carbocycles. The third-order valence-electron chi connectivity index (χ3n) is 8.56. The van der Waals surface area contributed by atoms with Gasteiger partial charge in [0, 0.05) is 17.7 Å². The molecule has 0 radical (unpaired) electrons. The third-order valence-corrected chi connectivity index (χ3v) is 8.56. The number of hydrogen-bond acceptors (Lipinski definition) is 5. The number of ether oxygens (including phenoxy) is 1. The summed E-state index contributed by atoms with van der Waals surface area (Å²) in [5.41, 5.74) is 6.33. The van der Waals surface area contributed by atoms with E-state index in [2.05, 4.69) is 10.5 Å². The Morgan fingerprint density at radius 2 is 1.46 bits per heavy atom. The minimum Gasteiger partial charge on any atom is -0.492 e. The highest BCUT2D eigenvalue weighted by molar-refractivity contribution is 6.25. The lowest BCUT2D eigenvalue weighted by molar-refractivity contribution is -0.122. The van der Waals surface area contributed by atoms with Gasteiger partial charge in [0.05, 0.1) is 29.5 Å². The molecule has 1 N–H and O–H groups in total. The van der Waals surface area contributed by atoms with Crippen molar-refractivity contribution in [2.75, 3.05) is 11.5 Å². The zero-order valence-electron chi connectivity index (χ0n) is 22.4. The smallest absolute Gasteiger partial charge is 0.271 e. The van der Waals surface area contributed by atoms with Crippen molar-refractivity contribution in [3.63, 3.8) is 0 Å². The maximum absolute atomic E-state index is 14.5. The molecule has 2 atom stereocenters. The summed E-state index contributed by atoms with van der Waals surface area (Å²) >= 11 is 0. The number of nitrogens with one attached hydrogen (secondary N) is 1. The monoisotopic (exact) mass is 541 g/mol. The van der Waals surface area contributed by atoms with Crippen LogP contribution in [0.1, 0.15) is 45.5 Å². The van der Waals surface area contributed by atoms with Crippen LogP contribution in [0.2, 0.25) is 0 Å². The van der Waals surface area contributed by atoms with E-state index in [0.29, 0.717) is 23.6 Å². The lowest BCUT2D eigenvalue weighted by Crippen LogP contribution is -2.54. The number of benzene rings is 4. The lowest BCUT2D eigenvalue weighted by atomic mass is 9.47. The highest BCUT2D eigenvalue weighted by Gasteiger charge is 2.68. The SMILES string of the molecule is CCOc1ccccc1N1C(=O)[C@H]2C3c4ccccc4C(/C=N\NC(=O)c4ccccc4)(c4ccccc43)[C@H]2C1=O. The van der Waals surface area contributed by atoms with E-state index in [-0.39, 0.29) is 23.6 Å². The number of hydrogen-bond donors (Lipinski definition) is 1. The van der Waals surface area contributed by atoms with Gasteiger partial charge in [-0.3, -0.25) is 14.4 Å². The van der Waals surface area contributed by atoms with Crippen LogP contribution < -0.4 is 15.1 Å². The van der Waals surface area contributed by atoms with E-state index in [4.69, 9.17) is 4.74 Å². The molecule has 0 unspecified atom stereocenters. The standard InChI is InChI=1S/C34H27N3O4/c1-2-41-27-19-11-10-18-26(27)37-32(39)29-28-22-14-6-8-16-24(22)34(30(29)33(37)40,25-17-9-7-15-23(25)28)20-35-36-31(38)21-12-4-3-5-13-21/h3-20,28-30H,2H2,1H3,(H,36,38)/b35-20-/t28?,29-,30+,34?/m0/s1. The first-order valence-corrected chi connectivity index (χ1v) is 13.8. The van der Waals surface area contributed by atoms with Crippen LogP contribution >= 0.6 is 0 Å². The number of anilines is 1. The zero-order chi connectivity index (χ0) is 28.1. The quantitative estimate of drug-likeness (QED) is 0.210. The fourth-order valence-electron chi connectivity index (χ4n) is 7.05. The minimum absolute atomic E-state index is 0.257. The predicted octanol–water partition coefficient (Wildman–Crippen LogP) is 5.05. The molecule has 4 aromatic rings. The molecule has 1 heterocycles. The van der Waals surface area contributed by atoms with E-state index in [1.165, 1.54) is 4.90 Å². The second-order valence-corrected chi connectivity index (χ2v) is 10.5. The molecule has 7 nitrogen and oxygen atoms in total. The Morgan fingerprint density at radius 1 is 0.854 bits per heavy atom. The number of imide groups is 1. The molecule has 1 saturated heterocycles. The summed E-state index contributed by atoms with van der Waals surface area (Å²) in [6.07, 6.45) is 1.67. The fraction of sp³-hybridized carbons (Fsp3) is 0.176. The molecule has 4 aliphatic rings. The van der Waals surface area contributed by atoms with Crippen LogP contribution in [0.25, 0.3) is 0 Å². The van der Waals surface area contributed by atoms with E-state index in [9.17, 15) is 14.4 Å². The Bertz CT molecular complexity index is 1680. The van der Waals surface area contributed by atoms with Crippen LogP contribution in [-0.2, 0) is 15.0 Å². The molecule has 1 fully saturated rings. The maximum atomic E-state index is 14.5. The molecule has 2 bridgehead atoms. The first kappa shape index (κ1) is 25.0. The van der Waals surface area contributed by atoms with Gasteiger partial charge >= 0.3 is 0 Å². The highest BCUT2D eigenvalue weighted by Crippen LogP contribution is 2.63.